The number of aliphatic hydroxyl groups excluding tert-OH is 1. The number of hydrogen-bond acceptors (Lipinski definition) is 23. The van der Waals surface area contributed by atoms with E-state index in [1.807, 2.05) is 4.68 Å². The fourth-order valence-corrected chi connectivity index (χ4v) is 13.3. The Hall–Kier alpha value is -12.8. The van der Waals surface area contributed by atoms with E-state index >= 15 is 0 Å². The third-order valence-corrected chi connectivity index (χ3v) is 18.2. The first-order valence-electron chi connectivity index (χ1n) is 35.1. The molecule has 32 heteroatoms. The summed E-state index contributed by atoms with van der Waals surface area (Å²) < 4.78 is 90.7. The number of methoxy groups -OCH3 is 3. The second kappa shape index (κ2) is 34.2. The average Bonchev–Trinajstić information content (AvgIpc) is 1.61. The maximum absolute atomic E-state index is 14.8. The van der Waals surface area contributed by atoms with Gasteiger partial charge >= 0.3 is 0 Å². The molecule has 0 bridgehead atoms. The number of anilines is 6. The van der Waals surface area contributed by atoms with Crippen molar-refractivity contribution in [1.82, 2.24) is 74.2 Å². The highest BCUT2D eigenvalue weighted by Crippen LogP contribution is 2.40. The van der Waals surface area contributed by atoms with Gasteiger partial charge in [-0.05, 0) is 113 Å². The van der Waals surface area contributed by atoms with Crippen molar-refractivity contribution in [3.8, 4) is 57.6 Å². The first-order chi connectivity index (χ1) is 53.1. The third kappa shape index (κ3) is 16.9. The first-order valence-corrected chi connectivity index (χ1v) is 35.1. The number of halogens is 4. The summed E-state index contributed by atoms with van der Waals surface area (Å²) in [6.45, 7) is 2.51. The number of rotatable bonds is 25. The molecule has 109 heavy (non-hydrogen) atoms. The van der Waals surface area contributed by atoms with E-state index in [1.165, 1.54) is 51.8 Å². The van der Waals surface area contributed by atoms with E-state index in [9.17, 15) is 32.3 Å². The number of nitrogens with two attached hydrogens (primary N) is 2. The van der Waals surface area contributed by atoms with Gasteiger partial charge in [0, 0.05) is 124 Å². The van der Waals surface area contributed by atoms with Crippen molar-refractivity contribution in [3.05, 3.63) is 226 Å². The molecule has 0 spiro atoms. The lowest BCUT2D eigenvalue weighted by molar-refractivity contribution is -0.126. The Labute approximate surface area is 622 Å². The molecule has 0 saturated carbocycles. The van der Waals surface area contributed by atoms with Crippen molar-refractivity contribution < 1.29 is 55.9 Å². The number of carbonyl (C=O) groups is 2. The van der Waals surface area contributed by atoms with E-state index in [2.05, 4.69) is 65.9 Å². The van der Waals surface area contributed by atoms with Crippen LogP contribution in [0.15, 0.2) is 140 Å². The Morgan fingerprint density at radius 2 is 1.05 bits per heavy atom. The molecule has 0 saturated heterocycles. The number of nitrogens with one attached hydrogen (secondary N) is 3. The maximum Gasteiger partial charge on any atom is 0.259 e. The van der Waals surface area contributed by atoms with Crippen LogP contribution in [-0.2, 0) is 78.9 Å². The molecule has 3 aromatic carbocycles. The molecule has 0 radical (unpaired) electrons. The summed E-state index contributed by atoms with van der Waals surface area (Å²) in [5.41, 5.74) is 23.5. The van der Waals surface area contributed by atoms with Gasteiger partial charge in [-0.15, -0.1) is 0 Å². The van der Waals surface area contributed by atoms with Gasteiger partial charge in [0.25, 0.3) is 5.91 Å². The monoisotopic (exact) mass is 1480 g/mol. The lowest BCUT2D eigenvalue weighted by Gasteiger charge is -2.19. The topological polar surface area (TPSA) is 358 Å². The molecule has 9 heterocycles. The largest absolute Gasteiger partial charge is 0.494 e. The van der Waals surface area contributed by atoms with E-state index in [1.54, 1.807) is 126 Å². The van der Waals surface area contributed by atoms with Gasteiger partial charge in [-0.25, -0.2) is 47.5 Å². The minimum absolute atomic E-state index is 0.0525. The molecule has 9 aromatic heterocycles. The zero-order chi connectivity index (χ0) is 76.1. The highest BCUT2D eigenvalue weighted by molar-refractivity contribution is 5.95. The molecule has 0 aliphatic heterocycles. The van der Waals surface area contributed by atoms with Crippen LogP contribution in [0.1, 0.15) is 94.1 Å². The molecule has 1 atom stereocenters. The van der Waals surface area contributed by atoms with E-state index in [0.29, 0.717) is 81.6 Å². The zero-order valence-electron chi connectivity index (χ0n) is 59.8. The molecule has 560 valence electrons. The summed E-state index contributed by atoms with van der Waals surface area (Å²) in [6.07, 6.45) is 17.5. The van der Waals surface area contributed by atoms with Gasteiger partial charge in [0.2, 0.25) is 5.91 Å². The van der Waals surface area contributed by atoms with Gasteiger partial charge < -0.3 is 56.2 Å². The van der Waals surface area contributed by atoms with Gasteiger partial charge in [0.15, 0.2) is 58.3 Å². The summed E-state index contributed by atoms with van der Waals surface area (Å²) in [7, 11) is 4.28. The summed E-state index contributed by atoms with van der Waals surface area (Å²) >= 11 is 0. The number of aromatic nitrogens is 15. The first kappa shape index (κ1) is 74.4. The highest BCUT2D eigenvalue weighted by Gasteiger charge is 2.34. The van der Waals surface area contributed by atoms with Crippen LogP contribution < -0.4 is 46.4 Å². The lowest BCUT2D eigenvalue weighted by Crippen LogP contribution is -2.25. The van der Waals surface area contributed by atoms with E-state index < -0.39 is 23.6 Å². The summed E-state index contributed by atoms with van der Waals surface area (Å²) in [4.78, 5) is 65.0. The molecule has 3 aliphatic rings. The minimum atomic E-state index is -1.14. The number of ether oxygens (including phenoxy) is 5. The average molecular weight is 1490 g/mol. The molecular weight excluding hydrogens is 1410 g/mol. The quantitative estimate of drug-likeness (QED) is 0.0290. The standard InChI is InChI=1S/C26H26F2N6O3.C26H26FN7O3.C25H24FN7O2/c1-2-36-17-12-20(27)19(21(28)13-17)15-34-22-5-3-4-18(22)24(33-34)26-30-14-23(37-11-10-35)25(32-26)31-16-6-8-29-9-7-16;1-36-22-21(23(37-2)26(35)30-16-10-12-29-13-11-16)31-25(32-24(22)28)20-17-7-5-9-19(17)34(33-20)14-15-6-3-4-8-18(15)27;1-35-23-19(13-21(34)29-16-9-11-28-12-10-16)30-25(31-24(23)27)22-17-6-4-8-20(17)33(32-22)14-15-5-2-3-7-18(15)26/h6-9,12-14,35H,2-5,10-11,15H2,1H3,(H,29,30,31,32);3-4,6,8,10-13,23H,5,7,9,14H2,1-2H3,(H2,28,31,32)(H,29,30,35);2-3,5,7,9-12H,4,6,8,13-14H2,1H3,(H2,27,30,31)(H,28,29,34). The number of amides is 2. The van der Waals surface area contributed by atoms with Gasteiger partial charge in [-0.2, -0.15) is 15.3 Å². The van der Waals surface area contributed by atoms with Crippen LogP contribution in [0.25, 0.3) is 34.6 Å². The summed E-state index contributed by atoms with van der Waals surface area (Å²) in [5, 5.41) is 32.2. The highest BCUT2D eigenvalue weighted by atomic mass is 19.1. The second-order valence-electron chi connectivity index (χ2n) is 25.2. The smallest absolute Gasteiger partial charge is 0.259 e. The SMILES string of the molecule is CCOc1cc(F)c(Cn2nc(-c3ncc(OCCO)c(Nc4ccncc4)n3)c3c2CCC3)c(F)c1.COc1c(N)nc(-c2nn(Cc3ccccc3F)c3c2CCC3)nc1C(OC)C(=O)Nc1ccncc1.COc1c(N)nc(-c2nn(Cc3ccccc3F)c3c2CCC3)nc1CC(=O)Nc1ccncc1. The van der Waals surface area contributed by atoms with Gasteiger partial charge in [0.05, 0.1) is 65.4 Å². The van der Waals surface area contributed by atoms with Gasteiger partial charge in [0.1, 0.15) is 58.4 Å². The minimum Gasteiger partial charge on any atom is -0.494 e. The number of nitrogen functional groups attached to an aromatic ring is 2. The van der Waals surface area contributed by atoms with Crippen LogP contribution in [0.3, 0.4) is 0 Å². The molecule has 0 fully saturated rings. The fraction of sp³-hybridized carbons (Fsp3) is 0.273. The van der Waals surface area contributed by atoms with E-state index in [4.69, 9.17) is 45.3 Å². The Bertz CT molecular complexity index is 5230. The summed E-state index contributed by atoms with van der Waals surface area (Å²) in [6, 6.07) is 25.9. The number of benzene rings is 3. The lowest BCUT2D eigenvalue weighted by atomic mass is 10.1. The van der Waals surface area contributed by atoms with Crippen molar-refractivity contribution in [2.45, 2.75) is 96.9 Å². The van der Waals surface area contributed by atoms with Crippen molar-refractivity contribution >= 4 is 46.3 Å². The van der Waals surface area contributed by atoms with E-state index in [0.717, 1.165) is 97.2 Å². The van der Waals surface area contributed by atoms with Gasteiger partial charge in [-0.1, -0.05) is 36.4 Å². The molecule has 2 amide bonds. The van der Waals surface area contributed by atoms with Crippen LogP contribution in [0, 0.1) is 23.3 Å². The molecule has 12 aromatic rings. The van der Waals surface area contributed by atoms with Crippen LogP contribution in [0.4, 0.5) is 52.1 Å². The molecule has 8 N–H and O–H groups in total. The second-order valence-corrected chi connectivity index (χ2v) is 25.2. The number of carbonyl (C=O) groups excluding carboxylic acids is 2. The Morgan fingerprint density at radius 1 is 0.560 bits per heavy atom. The van der Waals surface area contributed by atoms with E-state index in [-0.39, 0.29) is 96.2 Å². The van der Waals surface area contributed by atoms with Crippen LogP contribution >= 0.6 is 0 Å². The molecule has 3 aliphatic carbocycles. The number of aliphatic hydroxyl groups is 1. The number of fused-ring (bicyclic) bond motifs is 3. The number of nitrogens with zero attached hydrogens (tertiary/aromatic N) is 15. The number of pyridine rings is 3. The van der Waals surface area contributed by atoms with Crippen LogP contribution in [-0.4, -0.2) is 132 Å². The Balaban J connectivity index is 0.000000144. The fourth-order valence-electron chi connectivity index (χ4n) is 13.3. The predicted molar refractivity (Wildman–Crippen MR) is 395 cm³/mol. The van der Waals surface area contributed by atoms with Crippen molar-refractivity contribution in [2.24, 2.45) is 0 Å². The maximum atomic E-state index is 14.8. The predicted octanol–water partition coefficient (Wildman–Crippen LogP) is 10.6. The third-order valence-electron chi connectivity index (χ3n) is 18.2. The van der Waals surface area contributed by atoms with Crippen LogP contribution in [0.2, 0.25) is 0 Å². The van der Waals surface area contributed by atoms with Crippen molar-refractivity contribution in [1.29, 1.82) is 0 Å². The van der Waals surface area contributed by atoms with Crippen molar-refractivity contribution in [2.75, 3.05) is 68.6 Å². The van der Waals surface area contributed by atoms with Crippen LogP contribution in [0.5, 0.6) is 23.0 Å². The Kier molecular flexibility index (Phi) is 23.3. The molecular formula is C77H76F4N20O8. The summed E-state index contributed by atoms with van der Waals surface area (Å²) in [5.74, 6) is -0.269. The van der Waals surface area contributed by atoms with Crippen molar-refractivity contribution in [3.63, 3.8) is 0 Å². The van der Waals surface area contributed by atoms with Gasteiger partial charge in [-0.3, -0.25) is 38.6 Å². The zero-order valence-corrected chi connectivity index (χ0v) is 59.8. The molecule has 28 nitrogen and oxygen atoms in total. The normalized spacial score (nSPS) is 12.7. The molecule has 1 unspecified atom stereocenters. The Morgan fingerprint density at radius 3 is 1.55 bits per heavy atom. The number of hydrogen-bond donors (Lipinski definition) is 6. The molecule has 15 rings (SSSR count).